The smallest absolute Gasteiger partial charge is 0.387 e. The summed E-state index contributed by atoms with van der Waals surface area (Å²) in [5.74, 6) is 0.0371. The first-order valence-electron chi connectivity index (χ1n) is 8.06. The van der Waals surface area contributed by atoms with Crippen LogP contribution in [0.1, 0.15) is 22.5 Å². The van der Waals surface area contributed by atoms with Crippen molar-refractivity contribution in [2.75, 3.05) is 0 Å². The molecule has 0 bridgehead atoms. The zero-order valence-electron chi connectivity index (χ0n) is 14.6. The number of nitrogens with zero attached hydrogens (tertiary/aromatic N) is 2. The van der Waals surface area contributed by atoms with Gasteiger partial charge in [0, 0.05) is 22.2 Å². The Morgan fingerprint density at radius 1 is 1.36 bits per heavy atom. The summed E-state index contributed by atoms with van der Waals surface area (Å²) in [4.78, 5) is 4.34. The number of hydrogen-bond donors (Lipinski definition) is 0. The fourth-order valence-electron chi connectivity index (χ4n) is 3.08. The van der Waals surface area contributed by atoms with E-state index >= 15 is 0 Å². The first-order valence-corrected chi connectivity index (χ1v) is 9.76. The van der Waals surface area contributed by atoms with Crippen LogP contribution in [0.25, 0.3) is 17.1 Å². The molecule has 0 amide bonds. The van der Waals surface area contributed by atoms with Crippen molar-refractivity contribution in [1.29, 1.82) is 0 Å². The van der Waals surface area contributed by atoms with Crippen LogP contribution in [0.5, 0.6) is 5.75 Å². The van der Waals surface area contributed by atoms with Gasteiger partial charge in [0.1, 0.15) is 17.4 Å². The van der Waals surface area contributed by atoms with Gasteiger partial charge in [0.05, 0.1) is 27.9 Å². The van der Waals surface area contributed by atoms with Crippen molar-refractivity contribution in [3.05, 3.63) is 62.6 Å². The predicted octanol–water partition coefficient (Wildman–Crippen LogP) is 6.93. The molecule has 3 nitrogen and oxygen atoms in total. The summed E-state index contributed by atoms with van der Waals surface area (Å²) in [5.41, 5.74) is 2.30. The Bertz CT molecular complexity index is 1070. The Hall–Kier alpha value is -1.70. The van der Waals surface area contributed by atoms with E-state index < -0.39 is 12.4 Å². The summed E-state index contributed by atoms with van der Waals surface area (Å²) >= 11 is 15.5. The van der Waals surface area contributed by atoms with E-state index in [9.17, 15) is 13.2 Å². The van der Waals surface area contributed by atoms with Crippen LogP contribution in [0.15, 0.2) is 29.3 Å². The van der Waals surface area contributed by atoms with Crippen molar-refractivity contribution >= 4 is 56.2 Å². The highest BCUT2D eigenvalue weighted by molar-refractivity contribution is 9.10. The van der Waals surface area contributed by atoms with E-state index in [0.29, 0.717) is 38.6 Å². The van der Waals surface area contributed by atoms with E-state index in [0.717, 1.165) is 0 Å². The molecule has 0 atom stereocenters. The third kappa shape index (κ3) is 3.88. The van der Waals surface area contributed by atoms with Gasteiger partial charge in [-0.05, 0) is 40.5 Å². The third-order valence-corrected chi connectivity index (χ3v) is 5.43. The van der Waals surface area contributed by atoms with Crippen LogP contribution in [-0.4, -0.2) is 16.2 Å². The van der Waals surface area contributed by atoms with Crippen LogP contribution < -0.4 is 4.74 Å². The molecule has 148 valence electrons. The lowest BCUT2D eigenvalue weighted by Gasteiger charge is -2.19. The molecular formula is C19H14BrCl2F3N2O. The van der Waals surface area contributed by atoms with Gasteiger partial charge < -0.3 is 9.30 Å². The zero-order valence-corrected chi connectivity index (χ0v) is 17.7. The fourth-order valence-corrected chi connectivity index (χ4v) is 3.97. The number of ether oxygens (including phenoxy) is 1. The molecule has 3 aromatic rings. The maximum atomic E-state index is 13.9. The maximum absolute atomic E-state index is 13.9. The maximum Gasteiger partial charge on any atom is 0.387 e. The minimum absolute atomic E-state index is 0.0119. The van der Waals surface area contributed by atoms with Crippen LogP contribution in [0.2, 0.25) is 5.02 Å². The summed E-state index contributed by atoms with van der Waals surface area (Å²) < 4.78 is 46.7. The predicted molar refractivity (Wildman–Crippen MR) is 109 cm³/mol. The zero-order chi connectivity index (χ0) is 20.6. The molecule has 0 spiro atoms. The van der Waals surface area contributed by atoms with Crippen LogP contribution in [-0.2, 0) is 12.4 Å². The second-order valence-corrected chi connectivity index (χ2v) is 7.51. The second-order valence-electron chi connectivity index (χ2n) is 5.98. The molecule has 1 heterocycles. The molecule has 3 rings (SSSR count). The highest BCUT2D eigenvalue weighted by Crippen LogP contribution is 2.36. The van der Waals surface area contributed by atoms with Crippen LogP contribution in [0.3, 0.4) is 0 Å². The van der Waals surface area contributed by atoms with Gasteiger partial charge in [-0.25, -0.2) is 9.37 Å². The van der Waals surface area contributed by atoms with Gasteiger partial charge in [-0.15, -0.1) is 11.6 Å². The van der Waals surface area contributed by atoms with Crippen molar-refractivity contribution in [3.8, 4) is 5.75 Å². The molecule has 0 N–H and O–H groups in total. The lowest BCUT2D eigenvalue weighted by atomic mass is 10.0. The van der Waals surface area contributed by atoms with Crippen LogP contribution in [0.4, 0.5) is 13.2 Å². The quantitative estimate of drug-likeness (QED) is 0.348. The molecular weight excluding hydrogens is 480 g/mol. The first-order chi connectivity index (χ1) is 13.3. The van der Waals surface area contributed by atoms with Crippen molar-refractivity contribution in [3.63, 3.8) is 0 Å². The van der Waals surface area contributed by atoms with Gasteiger partial charge in [0.2, 0.25) is 0 Å². The lowest BCUT2D eigenvalue weighted by Crippen LogP contribution is -2.12. The number of fused-ring (bicyclic) bond motifs is 1. The van der Waals surface area contributed by atoms with Crippen molar-refractivity contribution in [1.82, 2.24) is 9.55 Å². The lowest BCUT2D eigenvalue weighted by molar-refractivity contribution is -0.0509. The van der Waals surface area contributed by atoms with Crippen molar-refractivity contribution in [2.24, 2.45) is 0 Å². The van der Waals surface area contributed by atoms with Crippen molar-refractivity contribution < 1.29 is 17.9 Å². The summed E-state index contributed by atoms with van der Waals surface area (Å²) in [5, 5.41) is 0.355. The normalized spacial score (nSPS) is 11.4. The topological polar surface area (TPSA) is 27.1 Å². The molecule has 2 aromatic carbocycles. The molecule has 0 fully saturated rings. The average Bonchev–Trinajstić information content (AvgIpc) is 2.95. The third-order valence-electron chi connectivity index (χ3n) is 4.27. The van der Waals surface area contributed by atoms with Crippen LogP contribution >= 0.6 is 39.1 Å². The van der Waals surface area contributed by atoms with Gasteiger partial charge in [0.25, 0.3) is 0 Å². The number of hydrogen-bond acceptors (Lipinski definition) is 2. The number of rotatable bonds is 6. The standard InChI is InChI=1S/C19H14BrCl2F3N2O/c1-3-10-11(18(28-19(24)25)9(2)4-13(10)22)8-27-16-5-12(20)14(23)6-15(16)26-17(27)7-21/h3-6,19H,1,7-8H2,2H3. The van der Waals surface area contributed by atoms with E-state index in [1.165, 1.54) is 12.1 Å². The Labute approximate surface area is 177 Å². The van der Waals surface area contributed by atoms with E-state index in [1.54, 1.807) is 23.6 Å². The van der Waals surface area contributed by atoms with Gasteiger partial charge in [0.15, 0.2) is 0 Å². The summed E-state index contributed by atoms with van der Waals surface area (Å²) in [6.07, 6.45) is 1.48. The van der Waals surface area contributed by atoms with Gasteiger partial charge in [-0.2, -0.15) is 8.78 Å². The van der Waals surface area contributed by atoms with E-state index in [-0.39, 0.29) is 22.6 Å². The largest absolute Gasteiger partial charge is 0.434 e. The minimum Gasteiger partial charge on any atom is -0.434 e. The van der Waals surface area contributed by atoms with E-state index in [2.05, 4.69) is 27.5 Å². The molecule has 0 aliphatic carbocycles. The number of aryl methyl sites for hydroxylation is 1. The Morgan fingerprint density at radius 2 is 2.07 bits per heavy atom. The summed E-state index contributed by atoms with van der Waals surface area (Å²) in [6, 6.07) is 4.38. The molecule has 9 heteroatoms. The Morgan fingerprint density at radius 3 is 2.68 bits per heavy atom. The summed E-state index contributed by atoms with van der Waals surface area (Å²) in [6.45, 7) is 2.43. The van der Waals surface area contributed by atoms with E-state index in [4.69, 9.17) is 27.9 Å². The SMILES string of the molecule is C=Cc1c(Cl)cc(C)c(OC(F)F)c1Cn1c(CCl)nc2cc(F)c(Br)cc21. The first kappa shape index (κ1) is 21.0. The number of alkyl halides is 3. The van der Waals surface area contributed by atoms with E-state index in [1.807, 2.05) is 0 Å². The Balaban J connectivity index is 2.26. The molecule has 28 heavy (non-hydrogen) atoms. The highest BCUT2D eigenvalue weighted by Gasteiger charge is 2.21. The molecule has 0 aliphatic rings. The molecule has 0 radical (unpaired) electrons. The molecule has 0 saturated heterocycles. The molecule has 1 aromatic heterocycles. The number of benzene rings is 2. The van der Waals surface area contributed by atoms with Crippen molar-refractivity contribution in [2.45, 2.75) is 26.0 Å². The molecule has 0 unspecified atom stereocenters. The van der Waals surface area contributed by atoms with Gasteiger partial charge in [-0.3, -0.25) is 0 Å². The number of aromatic nitrogens is 2. The Kier molecular flexibility index (Phi) is 6.27. The van der Waals surface area contributed by atoms with Crippen LogP contribution in [0, 0.1) is 12.7 Å². The van der Waals surface area contributed by atoms with Gasteiger partial charge >= 0.3 is 6.61 Å². The molecule has 0 saturated carbocycles. The minimum atomic E-state index is -3.01. The highest BCUT2D eigenvalue weighted by atomic mass is 79.9. The fraction of sp³-hybridized carbons (Fsp3) is 0.211. The second kappa shape index (κ2) is 8.35. The number of halogens is 6. The van der Waals surface area contributed by atoms with Gasteiger partial charge in [-0.1, -0.05) is 24.3 Å². The molecule has 0 aliphatic heterocycles. The average molecular weight is 494 g/mol. The monoisotopic (exact) mass is 492 g/mol. The summed E-state index contributed by atoms with van der Waals surface area (Å²) in [7, 11) is 0. The number of imidazole rings is 1.